The summed E-state index contributed by atoms with van der Waals surface area (Å²) in [6, 6.07) is 8.66. The lowest BCUT2D eigenvalue weighted by atomic mass is 10.1. The first kappa shape index (κ1) is 15.2. The third kappa shape index (κ3) is 3.88. The number of aryl methyl sites for hydroxylation is 1. The van der Waals surface area contributed by atoms with Crippen LogP contribution in [0.15, 0.2) is 30.5 Å². The molecule has 1 unspecified atom stereocenters. The molecule has 20 heavy (non-hydrogen) atoms. The van der Waals surface area contributed by atoms with Gasteiger partial charge in [-0.25, -0.2) is 4.98 Å². The van der Waals surface area contributed by atoms with E-state index in [0.717, 1.165) is 18.0 Å². The molecule has 1 atom stereocenters. The Morgan fingerprint density at radius 2 is 2.05 bits per heavy atom. The number of aromatic nitrogens is 1. The van der Waals surface area contributed by atoms with Crippen LogP contribution in [0.5, 0.6) is 0 Å². The van der Waals surface area contributed by atoms with E-state index in [4.69, 9.17) is 4.74 Å². The van der Waals surface area contributed by atoms with Gasteiger partial charge in [0.25, 0.3) is 0 Å². The molecule has 4 heteroatoms. The topological polar surface area (TPSA) is 34.2 Å². The van der Waals surface area contributed by atoms with Gasteiger partial charge >= 0.3 is 0 Å². The molecule has 2 rings (SSSR count). The maximum absolute atomic E-state index is 5.24. The summed E-state index contributed by atoms with van der Waals surface area (Å²) in [6.07, 6.45) is 3.04. The summed E-state index contributed by atoms with van der Waals surface area (Å²) in [6.45, 7) is 5.82. The molecule has 1 N–H and O–H groups in total. The Balaban J connectivity index is 1.97. The van der Waals surface area contributed by atoms with E-state index in [-0.39, 0.29) is 6.04 Å². The van der Waals surface area contributed by atoms with E-state index >= 15 is 0 Å². The molecule has 1 aromatic heterocycles. The number of nitrogens with zero attached hydrogens (tertiary/aromatic N) is 1. The van der Waals surface area contributed by atoms with Crippen LogP contribution in [0.3, 0.4) is 0 Å². The van der Waals surface area contributed by atoms with E-state index in [2.05, 4.69) is 48.4 Å². The smallest absolute Gasteiger partial charge is 0.109 e. The van der Waals surface area contributed by atoms with Crippen molar-refractivity contribution in [2.24, 2.45) is 0 Å². The van der Waals surface area contributed by atoms with Gasteiger partial charge in [-0.3, -0.25) is 0 Å². The molecule has 3 nitrogen and oxygen atoms in total. The molecule has 2 aromatic rings. The highest BCUT2D eigenvalue weighted by Gasteiger charge is 2.10. The maximum Gasteiger partial charge on any atom is 0.109 e. The second kappa shape index (κ2) is 7.53. The van der Waals surface area contributed by atoms with Crippen molar-refractivity contribution >= 4 is 11.3 Å². The zero-order chi connectivity index (χ0) is 14.4. The van der Waals surface area contributed by atoms with Crippen LogP contribution in [0.25, 0.3) is 0 Å². The van der Waals surface area contributed by atoms with Crippen molar-refractivity contribution in [2.45, 2.75) is 39.5 Å². The molecule has 0 amide bonds. The molecule has 0 radical (unpaired) electrons. The number of benzene rings is 1. The molecule has 108 valence electrons. The van der Waals surface area contributed by atoms with Crippen LogP contribution < -0.4 is 5.32 Å². The molecule has 0 fully saturated rings. The van der Waals surface area contributed by atoms with Crippen LogP contribution >= 0.6 is 11.3 Å². The minimum absolute atomic E-state index is 0.274. The van der Waals surface area contributed by atoms with E-state index in [1.54, 1.807) is 18.4 Å². The normalized spacial score (nSPS) is 12.6. The highest BCUT2D eigenvalue weighted by molar-refractivity contribution is 7.11. The fourth-order valence-electron chi connectivity index (χ4n) is 2.06. The molecule has 0 spiro atoms. The van der Waals surface area contributed by atoms with Crippen molar-refractivity contribution in [3.8, 4) is 0 Å². The molecule has 0 saturated carbocycles. The number of methoxy groups -OCH3 is 1. The average Bonchev–Trinajstić information content (AvgIpc) is 2.95. The monoisotopic (exact) mass is 290 g/mol. The summed E-state index contributed by atoms with van der Waals surface area (Å²) in [5.74, 6) is 0. The van der Waals surface area contributed by atoms with Gasteiger partial charge in [0.1, 0.15) is 5.01 Å². The number of hydrogen-bond acceptors (Lipinski definition) is 4. The molecule has 0 bridgehead atoms. The van der Waals surface area contributed by atoms with E-state index < -0.39 is 0 Å². The molecule has 1 heterocycles. The Kier molecular flexibility index (Phi) is 5.71. The van der Waals surface area contributed by atoms with Gasteiger partial charge in [0, 0.05) is 24.7 Å². The number of ether oxygens (including phenoxy) is 1. The standard InChI is InChI=1S/C16H22N2OS/c1-4-15-10-18-16(20-15)12(2)17-9-13-7-5-6-8-14(13)11-19-3/h5-8,10,12,17H,4,9,11H2,1-3H3. The van der Waals surface area contributed by atoms with Gasteiger partial charge in [-0.2, -0.15) is 0 Å². The third-order valence-corrected chi connectivity index (χ3v) is 4.63. The maximum atomic E-state index is 5.24. The molecule has 1 aromatic carbocycles. The molecular formula is C16H22N2OS. The van der Waals surface area contributed by atoms with Crippen molar-refractivity contribution in [3.63, 3.8) is 0 Å². The van der Waals surface area contributed by atoms with Gasteiger partial charge < -0.3 is 10.1 Å². The van der Waals surface area contributed by atoms with E-state index in [1.165, 1.54) is 16.0 Å². The highest BCUT2D eigenvalue weighted by Crippen LogP contribution is 2.21. The summed E-state index contributed by atoms with van der Waals surface area (Å²) in [5, 5.41) is 4.70. The zero-order valence-electron chi connectivity index (χ0n) is 12.3. The summed E-state index contributed by atoms with van der Waals surface area (Å²) in [5.41, 5.74) is 2.52. The lowest BCUT2D eigenvalue weighted by Gasteiger charge is -2.13. The minimum atomic E-state index is 0.274. The van der Waals surface area contributed by atoms with Crippen molar-refractivity contribution in [1.82, 2.24) is 10.3 Å². The van der Waals surface area contributed by atoms with Crippen LogP contribution in [0.4, 0.5) is 0 Å². The quantitative estimate of drug-likeness (QED) is 0.844. The second-order valence-corrected chi connectivity index (χ2v) is 5.97. The van der Waals surface area contributed by atoms with Crippen molar-refractivity contribution in [1.29, 1.82) is 0 Å². The predicted molar refractivity (Wildman–Crippen MR) is 83.9 cm³/mol. The van der Waals surface area contributed by atoms with Gasteiger partial charge in [0.2, 0.25) is 0 Å². The Morgan fingerprint density at radius 1 is 1.30 bits per heavy atom. The first-order chi connectivity index (χ1) is 9.74. The molecule has 0 aliphatic rings. The zero-order valence-corrected chi connectivity index (χ0v) is 13.2. The Bertz CT molecular complexity index is 539. The summed E-state index contributed by atoms with van der Waals surface area (Å²) < 4.78 is 5.24. The number of rotatable bonds is 7. The van der Waals surface area contributed by atoms with E-state index in [0.29, 0.717) is 6.61 Å². The van der Waals surface area contributed by atoms with Crippen LogP contribution in [0, 0.1) is 0 Å². The predicted octanol–water partition coefficient (Wildman–Crippen LogP) is 3.70. The van der Waals surface area contributed by atoms with E-state index in [1.807, 2.05) is 6.20 Å². The van der Waals surface area contributed by atoms with Crippen molar-refractivity contribution < 1.29 is 4.74 Å². The largest absolute Gasteiger partial charge is 0.380 e. The Labute approximate surface area is 125 Å². The summed E-state index contributed by atoms with van der Waals surface area (Å²) >= 11 is 1.79. The van der Waals surface area contributed by atoms with Crippen LogP contribution in [0.2, 0.25) is 0 Å². The van der Waals surface area contributed by atoms with Gasteiger partial charge in [-0.1, -0.05) is 31.2 Å². The Hall–Kier alpha value is -1.23. The summed E-state index contributed by atoms with van der Waals surface area (Å²) in [4.78, 5) is 5.83. The van der Waals surface area contributed by atoms with Crippen LogP contribution in [0.1, 0.15) is 40.9 Å². The lowest BCUT2D eigenvalue weighted by molar-refractivity contribution is 0.184. The second-order valence-electron chi connectivity index (χ2n) is 4.82. The van der Waals surface area contributed by atoms with Gasteiger partial charge in [0.05, 0.1) is 12.6 Å². The van der Waals surface area contributed by atoms with Gasteiger partial charge in [-0.05, 0) is 24.5 Å². The number of hydrogen-bond donors (Lipinski definition) is 1. The van der Waals surface area contributed by atoms with E-state index in [9.17, 15) is 0 Å². The van der Waals surface area contributed by atoms with Crippen LogP contribution in [-0.4, -0.2) is 12.1 Å². The average molecular weight is 290 g/mol. The van der Waals surface area contributed by atoms with Crippen LogP contribution in [-0.2, 0) is 24.3 Å². The minimum Gasteiger partial charge on any atom is -0.380 e. The summed E-state index contributed by atoms with van der Waals surface area (Å²) in [7, 11) is 1.73. The molecule has 0 saturated heterocycles. The van der Waals surface area contributed by atoms with Gasteiger partial charge in [-0.15, -0.1) is 11.3 Å². The fourth-order valence-corrected chi connectivity index (χ4v) is 2.95. The number of thiazole rings is 1. The fraction of sp³-hybridized carbons (Fsp3) is 0.438. The number of nitrogens with one attached hydrogen (secondary N) is 1. The Morgan fingerprint density at radius 3 is 2.70 bits per heavy atom. The van der Waals surface area contributed by atoms with Gasteiger partial charge in [0.15, 0.2) is 0 Å². The SMILES string of the molecule is CCc1cnc(C(C)NCc2ccccc2COC)s1. The lowest BCUT2D eigenvalue weighted by Crippen LogP contribution is -2.18. The first-order valence-electron chi connectivity index (χ1n) is 6.98. The van der Waals surface area contributed by atoms with Crippen molar-refractivity contribution in [2.75, 3.05) is 7.11 Å². The molecule has 0 aliphatic carbocycles. The first-order valence-corrected chi connectivity index (χ1v) is 7.80. The van der Waals surface area contributed by atoms with Crippen molar-refractivity contribution in [3.05, 3.63) is 51.5 Å². The molecule has 0 aliphatic heterocycles. The third-order valence-electron chi connectivity index (χ3n) is 3.31. The highest BCUT2D eigenvalue weighted by atomic mass is 32.1. The molecular weight excluding hydrogens is 268 g/mol.